The first kappa shape index (κ1) is 12.4. The molecule has 2 heterocycles. The van der Waals surface area contributed by atoms with E-state index in [2.05, 4.69) is 15.2 Å². The first-order valence-corrected chi connectivity index (χ1v) is 6.99. The molecule has 1 saturated heterocycles. The van der Waals surface area contributed by atoms with Gasteiger partial charge < -0.3 is 10.2 Å². The van der Waals surface area contributed by atoms with Crippen LogP contribution in [0.1, 0.15) is 18.5 Å². The number of rotatable bonds is 3. The van der Waals surface area contributed by atoms with Crippen LogP contribution in [0.3, 0.4) is 0 Å². The summed E-state index contributed by atoms with van der Waals surface area (Å²) in [4.78, 5) is 20.5. The minimum Gasteiger partial charge on any atom is -0.335 e. The molecule has 0 bridgehead atoms. The Morgan fingerprint density at radius 2 is 2.05 bits per heavy atom. The fourth-order valence-electron chi connectivity index (χ4n) is 2.32. The van der Waals surface area contributed by atoms with Gasteiger partial charge in [0.15, 0.2) is 0 Å². The molecule has 2 aliphatic rings. The van der Waals surface area contributed by atoms with Gasteiger partial charge in [0, 0.05) is 45.0 Å². The van der Waals surface area contributed by atoms with E-state index in [9.17, 15) is 4.79 Å². The molecule has 1 aromatic heterocycles. The third kappa shape index (κ3) is 3.44. The quantitative estimate of drug-likeness (QED) is 0.884. The maximum absolute atomic E-state index is 11.9. The number of nitrogens with one attached hydrogen (secondary N) is 1. The number of carbonyl (C=O) groups excluding carboxylic acids is 1. The lowest BCUT2D eigenvalue weighted by Crippen LogP contribution is -2.51. The predicted molar refractivity (Wildman–Crippen MR) is 72.6 cm³/mol. The summed E-state index contributed by atoms with van der Waals surface area (Å²) in [5.74, 6) is 0. The normalized spacial score (nSPS) is 20.3. The van der Waals surface area contributed by atoms with Crippen LogP contribution in [0.15, 0.2) is 24.4 Å². The van der Waals surface area contributed by atoms with E-state index in [-0.39, 0.29) is 6.03 Å². The van der Waals surface area contributed by atoms with E-state index in [1.54, 1.807) is 0 Å². The number of aromatic nitrogens is 1. The van der Waals surface area contributed by atoms with Gasteiger partial charge in [-0.1, -0.05) is 6.07 Å². The molecule has 1 N–H and O–H groups in total. The number of nitrogens with zero attached hydrogens (tertiary/aromatic N) is 3. The van der Waals surface area contributed by atoms with Crippen LogP contribution in [0.4, 0.5) is 4.79 Å². The zero-order valence-corrected chi connectivity index (χ0v) is 11.1. The Kier molecular flexibility index (Phi) is 3.64. The third-order valence-corrected chi connectivity index (χ3v) is 3.68. The molecule has 19 heavy (non-hydrogen) atoms. The van der Waals surface area contributed by atoms with Gasteiger partial charge in [-0.2, -0.15) is 0 Å². The Bertz CT molecular complexity index is 424. The molecule has 1 aromatic rings. The summed E-state index contributed by atoms with van der Waals surface area (Å²) < 4.78 is 0. The van der Waals surface area contributed by atoms with Gasteiger partial charge in [-0.15, -0.1) is 0 Å². The standard InChI is InChI=1S/C14H20N4O/c19-14(16-12-4-5-12)18-9-7-17(8-10-18)11-13-3-1-2-6-15-13/h1-3,6,12H,4-5,7-11H2,(H,16,19). The molecule has 5 nitrogen and oxygen atoms in total. The van der Waals surface area contributed by atoms with E-state index in [1.807, 2.05) is 29.3 Å². The van der Waals surface area contributed by atoms with Crippen LogP contribution in [0.5, 0.6) is 0 Å². The maximum Gasteiger partial charge on any atom is 0.317 e. The molecule has 2 fully saturated rings. The SMILES string of the molecule is O=C(NC1CC1)N1CCN(Cc2ccccn2)CC1. The first-order valence-electron chi connectivity index (χ1n) is 6.99. The highest BCUT2D eigenvalue weighted by Gasteiger charge is 2.27. The van der Waals surface area contributed by atoms with E-state index in [4.69, 9.17) is 0 Å². The average molecular weight is 260 g/mol. The summed E-state index contributed by atoms with van der Waals surface area (Å²) in [5, 5.41) is 3.04. The minimum absolute atomic E-state index is 0.111. The number of amides is 2. The van der Waals surface area contributed by atoms with Crippen LogP contribution in [0.25, 0.3) is 0 Å². The molecule has 2 amide bonds. The van der Waals surface area contributed by atoms with Crippen molar-refractivity contribution in [2.24, 2.45) is 0 Å². The van der Waals surface area contributed by atoms with Crippen LogP contribution in [0, 0.1) is 0 Å². The Morgan fingerprint density at radius 3 is 2.68 bits per heavy atom. The summed E-state index contributed by atoms with van der Waals surface area (Å²) >= 11 is 0. The van der Waals surface area contributed by atoms with Gasteiger partial charge in [0.1, 0.15) is 0 Å². The number of carbonyl (C=O) groups is 1. The van der Waals surface area contributed by atoms with Gasteiger partial charge in [0.05, 0.1) is 5.69 Å². The molecule has 1 aliphatic heterocycles. The van der Waals surface area contributed by atoms with Crippen molar-refractivity contribution in [3.8, 4) is 0 Å². The van der Waals surface area contributed by atoms with Crippen LogP contribution in [-0.4, -0.2) is 53.0 Å². The molecule has 0 atom stereocenters. The average Bonchev–Trinajstić information content (AvgIpc) is 3.25. The lowest BCUT2D eigenvalue weighted by molar-refractivity contribution is 0.134. The van der Waals surface area contributed by atoms with Crippen molar-refractivity contribution >= 4 is 6.03 Å². The fraction of sp³-hybridized carbons (Fsp3) is 0.571. The topological polar surface area (TPSA) is 48.5 Å². The molecular formula is C14H20N4O. The third-order valence-electron chi connectivity index (χ3n) is 3.68. The van der Waals surface area contributed by atoms with Crippen molar-refractivity contribution in [3.05, 3.63) is 30.1 Å². The molecule has 0 spiro atoms. The summed E-state index contributed by atoms with van der Waals surface area (Å²) in [6, 6.07) is 6.55. The molecular weight excluding hydrogens is 240 g/mol. The Balaban J connectivity index is 1.45. The Morgan fingerprint density at radius 1 is 1.26 bits per heavy atom. The molecule has 0 aromatic carbocycles. The Hall–Kier alpha value is -1.62. The second-order valence-electron chi connectivity index (χ2n) is 5.31. The van der Waals surface area contributed by atoms with Crippen molar-refractivity contribution in [2.45, 2.75) is 25.4 Å². The minimum atomic E-state index is 0.111. The molecule has 1 saturated carbocycles. The van der Waals surface area contributed by atoms with E-state index < -0.39 is 0 Å². The van der Waals surface area contributed by atoms with Crippen LogP contribution in [0.2, 0.25) is 0 Å². The van der Waals surface area contributed by atoms with E-state index in [0.29, 0.717) is 6.04 Å². The van der Waals surface area contributed by atoms with Gasteiger partial charge in [0.25, 0.3) is 0 Å². The monoisotopic (exact) mass is 260 g/mol. The highest BCUT2D eigenvalue weighted by Crippen LogP contribution is 2.19. The number of hydrogen-bond acceptors (Lipinski definition) is 3. The van der Waals surface area contributed by atoms with Crippen molar-refractivity contribution in [1.29, 1.82) is 0 Å². The fourth-order valence-corrected chi connectivity index (χ4v) is 2.32. The summed E-state index contributed by atoms with van der Waals surface area (Å²) in [6.45, 7) is 4.35. The van der Waals surface area contributed by atoms with Gasteiger partial charge in [-0.3, -0.25) is 9.88 Å². The van der Waals surface area contributed by atoms with E-state index >= 15 is 0 Å². The van der Waals surface area contributed by atoms with E-state index in [0.717, 1.165) is 51.3 Å². The number of urea groups is 1. The highest BCUT2D eigenvalue weighted by molar-refractivity contribution is 5.75. The van der Waals surface area contributed by atoms with Crippen LogP contribution in [-0.2, 0) is 6.54 Å². The maximum atomic E-state index is 11.9. The predicted octanol–water partition coefficient (Wildman–Crippen LogP) is 1.07. The van der Waals surface area contributed by atoms with Crippen molar-refractivity contribution in [2.75, 3.05) is 26.2 Å². The van der Waals surface area contributed by atoms with Gasteiger partial charge >= 0.3 is 6.03 Å². The Labute approximate surface area is 113 Å². The van der Waals surface area contributed by atoms with Gasteiger partial charge in [0.2, 0.25) is 0 Å². The molecule has 1 aliphatic carbocycles. The first-order chi connectivity index (χ1) is 9.31. The van der Waals surface area contributed by atoms with Crippen molar-refractivity contribution in [1.82, 2.24) is 20.1 Å². The summed E-state index contributed by atoms with van der Waals surface area (Å²) in [6.07, 6.45) is 4.12. The second kappa shape index (κ2) is 5.57. The lowest BCUT2D eigenvalue weighted by Gasteiger charge is -2.34. The second-order valence-corrected chi connectivity index (χ2v) is 5.31. The van der Waals surface area contributed by atoms with Crippen molar-refractivity contribution in [3.63, 3.8) is 0 Å². The summed E-state index contributed by atoms with van der Waals surface area (Å²) in [5.41, 5.74) is 1.10. The highest BCUT2D eigenvalue weighted by atomic mass is 16.2. The van der Waals surface area contributed by atoms with Gasteiger partial charge in [-0.25, -0.2) is 4.79 Å². The number of piperazine rings is 1. The largest absolute Gasteiger partial charge is 0.335 e. The summed E-state index contributed by atoms with van der Waals surface area (Å²) in [7, 11) is 0. The number of hydrogen-bond donors (Lipinski definition) is 1. The van der Waals surface area contributed by atoms with Gasteiger partial charge in [-0.05, 0) is 25.0 Å². The molecule has 0 unspecified atom stereocenters. The van der Waals surface area contributed by atoms with Crippen molar-refractivity contribution < 1.29 is 4.79 Å². The van der Waals surface area contributed by atoms with Crippen LogP contribution < -0.4 is 5.32 Å². The zero-order chi connectivity index (χ0) is 13.1. The molecule has 3 rings (SSSR count). The zero-order valence-electron chi connectivity index (χ0n) is 11.1. The smallest absolute Gasteiger partial charge is 0.317 e. The van der Waals surface area contributed by atoms with Crippen LogP contribution >= 0.6 is 0 Å². The molecule has 0 radical (unpaired) electrons. The molecule has 102 valence electrons. The lowest BCUT2D eigenvalue weighted by atomic mass is 10.3. The molecule has 5 heteroatoms. The number of pyridine rings is 1. The van der Waals surface area contributed by atoms with E-state index in [1.165, 1.54) is 0 Å².